The summed E-state index contributed by atoms with van der Waals surface area (Å²) in [6, 6.07) is 3.76. The molecule has 0 aliphatic rings. The number of carbonyl (C=O) groups excluding carboxylic acids is 1. The smallest absolute Gasteiger partial charge is 0.253 e. The molecule has 0 atom stereocenters. The molecule has 0 aliphatic carbocycles. The highest BCUT2D eigenvalue weighted by atomic mass is 16.1. The molecule has 0 aliphatic heterocycles. The lowest BCUT2D eigenvalue weighted by Crippen LogP contribution is -2.26. The molecular formula is C12H16N4O. The van der Waals surface area contributed by atoms with Gasteiger partial charge in [-0.2, -0.15) is 5.10 Å². The van der Waals surface area contributed by atoms with Gasteiger partial charge in [0.25, 0.3) is 5.91 Å². The third-order valence-corrected chi connectivity index (χ3v) is 2.62. The Hall–Kier alpha value is -2.04. The lowest BCUT2D eigenvalue weighted by molar-refractivity contribution is 0.0953. The number of rotatable bonds is 4. The van der Waals surface area contributed by atoms with Gasteiger partial charge in [-0.05, 0) is 26.0 Å². The van der Waals surface area contributed by atoms with Crippen LogP contribution in [0.25, 0.3) is 0 Å². The lowest BCUT2D eigenvalue weighted by Gasteiger charge is -2.03. The summed E-state index contributed by atoms with van der Waals surface area (Å²) in [4.78, 5) is 14.7. The number of nitrogens with zero attached hydrogens (tertiary/aromatic N) is 1. The summed E-state index contributed by atoms with van der Waals surface area (Å²) in [5, 5.41) is 9.86. The first kappa shape index (κ1) is 11.4. The molecule has 0 fully saturated rings. The Morgan fingerprint density at radius 1 is 1.47 bits per heavy atom. The summed E-state index contributed by atoms with van der Waals surface area (Å²) in [5.74, 6) is -0.0454. The van der Waals surface area contributed by atoms with Gasteiger partial charge in [-0.3, -0.25) is 9.89 Å². The van der Waals surface area contributed by atoms with E-state index in [2.05, 4.69) is 20.5 Å². The van der Waals surface area contributed by atoms with Gasteiger partial charge in [-0.15, -0.1) is 0 Å². The number of aryl methyl sites for hydroxylation is 2. The molecule has 5 heteroatoms. The highest BCUT2D eigenvalue weighted by molar-refractivity contribution is 5.95. The molecule has 0 bridgehead atoms. The molecule has 0 radical (unpaired) electrons. The Morgan fingerprint density at radius 3 is 2.88 bits per heavy atom. The standard InChI is InChI=1S/C12H16N4O/c1-8-7-10(16-15-8)3-5-14-12(17)11-4-6-13-9(11)2/h4,6-7,13H,3,5H2,1-2H3,(H,14,17)(H,15,16). The summed E-state index contributed by atoms with van der Waals surface area (Å²) in [6.07, 6.45) is 2.50. The van der Waals surface area contributed by atoms with E-state index in [4.69, 9.17) is 0 Å². The molecule has 2 heterocycles. The van der Waals surface area contributed by atoms with Crippen LogP contribution in [-0.4, -0.2) is 27.6 Å². The van der Waals surface area contributed by atoms with Gasteiger partial charge in [0.15, 0.2) is 0 Å². The fourth-order valence-corrected chi connectivity index (χ4v) is 1.70. The number of nitrogens with one attached hydrogen (secondary N) is 3. The second kappa shape index (κ2) is 4.86. The Balaban J connectivity index is 1.83. The van der Waals surface area contributed by atoms with Crippen molar-refractivity contribution in [1.29, 1.82) is 0 Å². The summed E-state index contributed by atoms with van der Waals surface area (Å²) in [5.41, 5.74) is 3.59. The van der Waals surface area contributed by atoms with Crippen LogP contribution in [0.4, 0.5) is 0 Å². The minimum absolute atomic E-state index is 0.0454. The highest BCUT2D eigenvalue weighted by Gasteiger charge is 2.08. The number of carbonyl (C=O) groups is 1. The van der Waals surface area contributed by atoms with E-state index in [1.165, 1.54) is 0 Å². The maximum atomic E-state index is 11.8. The van der Waals surface area contributed by atoms with E-state index < -0.39 is 0 Å². The van der Waals surface area contributed by atoms with Crippen LogP contribution in [0.3, 0.4) is 0 Å². The predicted octanol–water partition coefficient (Wildman–Crippen LogP) is 1.33. The topological polar surface area (TPSA) is 73.6 Å². The number of amides is 1. The Morgan fingerprint density at radius 2 is 2.29 bits per heavy atom. The molecule has 2 rings (SSSR count). The molecule has 5 nitrogen and oxygen atoms in total. The van der Waals surface area contributed by atoms with E-state index >= 15 is 0 Å². The number of H-pyrrole nitrogens is 2. The average Bonchev–Trinajstić information content (AvgIpc) is 2.87. The van der Waals surface area contributed by atoms with Crippen LogP contribution in [0.2, 0.25) is 0 Å². The summed E-state index contributed by atoms with van der Waals surface area (Å²) in [6.45, 7) is 4.43. The average molecular weight is 232 g/mol. The molecule has 0 saturated carbocycles. The SMILES string of the molecule is Cc1cc(CCNC(=O)c2cc[nH]c2C)n[nH]1. The van der Waals surface area contributed by atoms with Gasteiger partial charge < -0.3 is 10.3 Å². The van der Waals surface area contributed by atoms with E-state index in [1.807, 2.05) is 19.9 Å². The van der Waals surface area contributed by atoms with Crippen molar-refractivity contribution in [2.24, 2.45) is 0 Å². The third-order valence-electron chi connectivity index (χ3n) is 2.62. The van der Waals surface area contributed by atoms with Gasteiger partial charge in [0.2, 0.25) is 0 Å². The first-order valence-corrected chi connectivity index (χ1v) is 5.60. The largest absolute Gasteiger partial charge is 0.365 e. The van der Waals surface area contributed by atoms with Crippen molar-refractivity contribution >= 4 is 5.91 Å². The second-order valence-electron chi connectivity index (χ2n) is 4.06. The first-order valence-electron chi connectivity index (χ1n) is 5.60. The number of aromatic nitrogens is 3. The van der Waals surface area contributed by atoms with Crippen molar-refractivity contribution in [2.75, 3.05) is 6.54 Å². The maximum absolute atomic E-state index is 11.8. The number of aromatic amines is 2. The molecule has 90 valence electrons. The molecular weight excluding hydrogens is 216 g/mol. The van der Waals surface area contributed by atoms with Crippen LogP contribution < -0.4 is 5.32 Å². The quantitative estimate of drug-likeness (QED) is 0.744. The van der Waals surface area contributed by atoms with Gasteiger partial charge in [0.1, 0.15) is 0 Å². The van der Waals surface area contributed by atoms with Crippen LogP contribution >= 0.6 is 0 Å². The lowest BCUT2D eigenvalue weighted by atomic mass is 10.2. The van der Waals surface area contributed by atoms with Crippen LogP contribution in [0.1, 0.15) is 27.4 Å². The fraction of sp³-hybridized carbons (Fsp3) is 0.333. The van der Waals surface area contributed by atoms with Crippen molar-refractivity contribution in [3.63, 3.8) is 0 Å². The second-order valence-corrected chi connectivity index (χ2v) is 4.06. The van der Waals surface area contributed by atoms with Gasteiger partial charge in [0.05, 0.1) is 11.3 Å². The summed E-state index contributed by atoms with van der Waals surface area (Å²) >= 11 is 0. The van der Waals surface area contributed by atoms with Crippen LogP contribution in [0, 0.1) is 13.8 Å². The minimum Gasteiger partial charge on any atom is -0.365 e. The van der Waals surface area contributed by atoms with Crippen molar-refractivity contribution < 1.29 is 4.79 Å². The van der Waals surface area contributed by atoms with E-state index in [0.29, 0.717) is 12.1 Å². The maximum Gasteiger partial charge on any atom is 0.253 e. The predicted molar refractivity (Wildman–Crippen MR) is 64.9 cm³/mol. The van der Waals surface area contributed by atoms with Crippen molar-refractivity contribution in [3.8, 4) is 0 Å². The fourth-order valence-electron chi connectivity index (χ4n) is 1.70. The zero-order chi connectivity index (χ0) is 12.3. The molecule has 2 aromatic rings. The van der Waals surface area contributed by atoms with Crippen molar-refractivity contribution in [2.45, 2.75) is 20.3 Å². The van der Waals surface area contributed by atoms with Gasteiger partial charge in [0, 0.05) is 30.6 Å². The molecule has 0 spiro atoms. The van der Waals surface area contributed by atoms with Gasteiger partial charge >= 0.3 is 0 Å². The molecule has 17 heavy (non-hydrogen) atoms. The van der Waals surface area contributed by atoms with Crippen LogP contribution in [0.15, 0.2) is 18.3 Å². The summed E-state index contributed by atoms with van der Waals surface area (Å²) < 4.78 is 0. The van der Waals surface area contributed by atoms with Crippen LogP contribution in [-0.2, 0) is 6.42 Å². The van der Waals surface area contributed by atoms with E-state index in [0.717, 1.165) is 23.5 Å². The van der Waals surface area contributed by atoms with E-state index in [-0.39, 0.29) is 5.91 Å². The zero-order valence-corrected chi connectivity index (χ0v) is 10.0. The minimum atomic E-state index is -0.0454. The monoisotopic (exact) mass is 232 g/mol. The number of hydrogen-bond donors (Lipinski definition) is 3. The Bertz CT molecular complexity index is 512. The third kappa shape index (κ3) is 2.75. The van der Waals surface area contributed by atoms with E-state index in [9.17, 15) is 4.79 Å². The molecule has 0 unspecified atom stereocenters. The normalized spacial score (nSPS) is 10.5. The first-order chi connectivity index (χ1) is 8.16. The zero-order valence-electron chi connectivity index (χ0n) is 10.0. The molecule has 0 saturated heterocycles. The molecule has 1 amide bonds. The van der Waals surface area contributed by atoms with Crippen molar-refractivity contribution in [1.82, 2.24) is 20.5 Å². The Kier molecular flexibility index (Phi) is 3.27. The molecule has 3 N–H and O–H groups in total. The highest BCUT2D eigenvalue weighted by Crippen LogP contribution is 2.04. The van der Waals surface area contributed by atoms with E-state index in [1.54, 1.807) is 12.3 Å². The molecule has 2 aromatic heterocycles. The number of hydrogen-bond acceptors (Lipinski definition) is 2. The van der Waals surface area contributed by atoms with Gasteiger partial charge in [-0.25, -0.2) is 0 Å². The summed E-state index contributed by atoms with van der Waals surface area (Å²) in [7, 11) is 0. The molecule has 0 aromatic carbocycles. The van der Waals surface area contributed by atoms with Crippen LogP contribution in [0.5, 0.6) is 0 Å². The Labute approximate surface area is 99.6 Å². The van der Waals surface area contributed by atoms with Gasteiger partial charge in [-0.1, -0.05) is 0 Å². The van der Waals surface area contributed by atoms with Crippen molar-refractivity contribution in [3.05, 3.63) is 41.0 Å².